The molecule has 5 rings (SSSR count). The number of piperazine rings is 1. The lowest BCUT2D eigenvalue weighted by Gasteiger charge is -2.36. The van der Waals surface area contributed by atoms with Crippen LogP contribution in [0.1, 0.15) is 17.0 Å². The van der Waals surface area contributed by atoms with Crippen molar-refractivity contribution in [1.29, 1.82) is 0 Å². The Bertz CT molecular complexity index is 1350. The van der Waals surface area contributed by atoms with Crippen molar-refractivity contribution in [2.45, 2.75) is 12.8 Å². The highest BCUT2D eigenvalue weighted by Crippen LogP contribution is 2.25. The highest BCUT2D eigenvalue weighted by atomic mass is 32.1. The van der Waals surface area contributed by atoms with Crippen molar-refractivity contribution in [1.82, 2.24) is 14.3 Å². The largest absolute Gasteiger partial charge is 0.430 e. The number of carbonyl (C=O) groups is 1. The number of nitro benzene ring substituents is 1. The topological polar surface area (TPSA) is 102 Å². The molecule has 1 aromatic heterocycles. The summed E-state index contributed by atoms with van der Waals surface area (Å²) in [5.41, 5.74) is 3.06. The zero-order valence-corrected chi connectivity index (χ0v) is 20.8. The fraction of sp³-hybridized carbons (Fsp3) is 0.222. The number of amides is 1. The van der Waals surface area contributed by atoms with Crippen molar-refractivity contribution >= 4 is 28.8 Å². The molecular weight excluding hydrogens is 490 g/mol. The zero-order chi connectivity index (χ0) is 25.6. The van der Waals surface area contributed by atoms with Crippen LogP contribution in [0.25, 0.3) is 0 Å². The molecule has 1 fully saturated rings. The summed E-state index contributed by atoms with van der Waals surface area (Å²) in [5.74, 6) is 1.45. The van der Waals surface area contributed by atoms with Crippen LogP contribution in [-0.2, 0) is 17.6 Å². The minimum atomic E-state index is -0.404. The molecule has 1 aliphatic heterocycles. The summed E-state index contributed by atoms with van der Waals surface area (Å²) in [6.45, 7) is 2.59. The molecule has 37 heavy (non-hydrogen) atoms. The number of hydrogen-bond acceptors (Lipinski definition) is 8. The second kappa shape index (κ2) is 11.2. The van der Waals surface area contributed by atoms with Gasteiger partial charge in [0.2, 0.25) is 5.91 Å². The molecule has 0 bridgehead atoms. The summed E-state index contributed by atoms with van der Waals surface area (Å²) in [6, 6.07) is 24.1. The summed E-state index contributed by atoms with van der Waals surface area (Å²) in [6.07, 6.45) is 0.974. The minimum Gasteiger partial charge on any atom is -0.430 e. The molecular formula is C27H25N5O4S. The summed E-state index contributed by atoms with van der Waals surface area (Å²) in [7, 11) is 0. The smallest absolute Gasteiger partial charge is 0.298 e. The van der Waals surface area contributed by atoms with E-state index in [1.54, 1.807) is 12.1 Å². The lowest BCUT2D eigenvalue weighted by Crippen LogP contribution is -2.49. The number of benzene rings is 3. The highest BCUT2D eigenvalue weighted by Gasteiger charge is 2.22. The molecule has 3 aromatic carbocycles. The number of anilines is 1. The second-order valence-corrected chi connectivity index (χ2v) is 9.42. The molecule has 0 atom stereocenters. The van der Waals surface area contributed by atoms with Crippen LogP contribution in [0.4, 0.5) is 11.4 Å². The van der Waals surface area contributed by atoms with Crippen molar-refractivity contribution in [3.8, 4) is 10.9 Å². The quantitative estimate of drug-likeness (QED) is 0.247. The molecule has 4 aromatic rings. The molecule has 0 radical (unpaired) electrons. The Hall–Kier alpha value is -4.31. The Labute approximate surface area is 218 Å². The van der Waals surface area contributed by atoms with E-state index in [0.717, 1.165) is 22.6 Å². The van der Waals surface area contributed by atoms with Gasteiger partial charge in [-0.15, -0.1) is 0 Å². The number of ether oxygens (including phenoxy) is 1. The molecule has 0 unspecified atom stereocenters. The van der Waals surface area contributed by atoms with Gasteiger partial charge < -0.3 is 14.5 Å². The molecule has 1 amide bonds. The van der Waals surface area contributed by atoms with Gasteiger partial charge in [-0.3, -0.25) is 14.9 Å². The average Bonchev–Trinajstić information content (AvgIpc) is 3.37. The van der Waals surface area contributed by atoms with Gasteiger partial charge >= 0.3 is 0 Å². The third kappa shape index (κ3) is 6.28. The molecule has 1 aliphatic rings. The highest BCUT2D eigenvalue weighted by molar-refractivity contribution is 7.07. The lowest BCUT2D eigenvalue weighted by molar-refractivity contribution is -0.384. The number of nitro groups is 1. The Morgan fingerprint density at radius 1 is 0.919 bits per heavy atom. The van der Waals surface area contributed by atoms with Gasteiger partial charge in [-0.2, -0.15) is 9.36 Å². The van der Waals surface area contributed by atoms with Gasteiger partial charge in [-0.05, 0) is 35.4 Å². The van der Waals surface area contributed by atoms with Crippen LogP contribution in [0.2, 0.25) is 0 Å². The van der Waals surface area contributed by atoms with Gasteiger partial charge in [0.15, 0.2) is 5.82 Å². The number of aromatic nitrogens is 2. The standard InChI is InChI=1S/C27H25N5O4S/c33-26(31-16-14-30(15-17-31)22-8-10-23(11-9-22)32(34)35)19-21-6-12-24(13-7-21)36-27-28-25(29-37-27)18-20-4-2-1-3-5-20/h1-13H,14-19H2. The average molecular weight is 516 g/mol. The summed E-state index contributed by atoms with van der Waals surface area (Å²) < 4.78 is 10.2. The molecule has 9 nitrogen and oxygen atoms in total. The minimum absolute atomic E-state index is 0.0742. The van der Waals surface area contributed by atoms with E-state index < -0.39 is 4.92 Å². The number of non-ortho nitro benzene ring substituents is 1. The number of carbonyl (C=O) groups excluding carboxylic acids is 1. The molecule has 0 aliphatic carbocycles. The lowest BCUT2D eigenvalue weighted by atomic mass is 10.1. The van der Waals surface area contributed by atoms with E-state index in [0.29, 0.717) is 50.0 Å². The zero-order valence-electron chi connectivity index (χ0n) is 20.0. The van der Waals surface area contributed by atoms with E-state index in [-0.39, 0.29) is 11.6 Å². The molecule has 0 saturated carbocycles. The Balaban J connectivity index is 1.10. The van der Waals surface area contributed by atoms with Crippen molar-refractivity contribution in [2.24, 2.45) is 0 Å². The summed E-state index contributed by atoms with van der Waals surface area (Å²) >= 11 is 1.22. The van der Waals surface area contributed by atoms with Crippen LogP contribution in [0, 0.1) is 10.1 Å². The van der Waals surface area contributed by atoms with Crippen LogP contribution in [0.15, 0.2) is 78.9 Å². The van der Waals surface area contributed by atoms with Crippen LogP contribution in [0.5, 0.6) is 10.9 Å². The second-order valence-electron chi connectivity index (χ2n) is 8.70. The first-order chi connectivity index (χ1) is 18.0. The molecule has 0 spiro atoms. The Morgan fingerprint density at radius 3 is 2.30 bits per heavy atom. The Morgan fingerprint density at radius 2 is 1.62 bits per heavy atom. The first kappa shape index (κ1) is 24.4. The van der Waals surface area contributed by atoms with Crippen LogP contribution in [0.3, 0.4) is 0 Å². The van der Waals surface area contributed by atoms with Crippen molar-refractivity contribution in [2.75, 3.05) is 31.1 Å². The maximum atomic E-state index is 12.8. The molecule has 10 heteroatoms. The van der Waals surface area contributed by atoms with Gasteiger partial charge in [0.25, 0.3) is 10.9 Å². The Kier molecular flexibility index (Phi) is 7.36. The van der Waals surface area contributed by atoms with E-state index in [9.17, 15) is 14.9 Å². The van der Waals surface area contributed by atoms with Crippen LogP contribution >= 0.6 is 11.5 Å². The summed E-state index contributed by atoms with van der Waals surface area (Å²) in [5, 5.41) is 11.3. The number of hydrogen-bond donors (Lipinski definition) is 0. The fourth-order valence-electron chi connectivity index (χ4n) is 4.19. The predicted octanol–water partition coefficient (Wildman–Crippen LogP) is 4.72. The number of rotatable bonds is 8. The van der Waals surface area contributed by atoms with E-state index in [2.05, 4.69) is 14.3 Å². The fourth-order valence-corrected chi connectivity index (χ4v) is 4.76. The van der Waals surface area contributed by atoms with E-state index in [1.807, 2.05) is 59.5 Å². The van der Waals surface area contributed by atoms with E-state index in [4.69, 9.17) is 4.74 Å². The third-order valence-corrected chi connectivity index (χ3v) is 6.83. The molecule has 1 saturated heterocycles. The normalized spacial score (nSPS) is 13.4. The van der Waals surface area contributed by atoms with Gasteiger partial charge in [0.1, 0.15) is 5.75 Å². The SMILES string of the molecule is O=C(Cc1ccc(Oc2nc(Cc3ccccc3)ns2)cc1)N1CCN(c2ccc([N+](=O)[O-])cc2)CC1. The monoisotopic (exact) mass is 515 g/mol. The molecule has 2 heterocycles. The van der Waals surface area contributed by atoms with Gasteiger partial charge in [-0.25, -0.2) is 0 Å². The summed E-state index contributed by atoms with van der Waals surface area (Å²) in [4.78, 5) is 31.8. The van der Waals surface area contributed by atoms with Crippen molar-refractivity contribution in [3.05, 3.63) is 106 Å². The van der Waals surface area contributed by atoms with Gasteiger partial charge in [0.05, 0.1) is 11.3 Å². The van der Waals surface area contributed by atoms with Gasteiger partial charge in [-0.1, -0.05) is 42.5 Å². The van der Waals surface area contributed by atoms with Crippen LogP contribution in [-0.4, -0.2) is 51.3 Å². The molecule has 0 N–H and O–H groups in total. The first-order valence-electron chi connectivity index (χ1n) is 11.9. The molecule has 188 valence electrons. The van der Waals surface area contributed by atoms with Crippen LogP contribution < -0.4 is 9.64 Å². The van der Waals surface area contributed by atoms with E-state index in [1.165, 1.54) is 23.7 Å². The third-order valence-electron chi connectivity index (χ3n) is 6.20. The first-order valence-corrected chi connectivity index (χ1v) is 12.7. The van der Waals surface area contributed by atoms with Gasteiger partial charge in [0, 0.05) is 62.0 Å². The maximum Gasteiger partial charge on any atom is 0.298 e. The van der Waals surface area contributed by atoms with E-state index >= 15 is 0 Å². The van der Waals surface area contributed by atoms with Crippen molar-refractivity contribution < 1.29 is 14.5 Å². The number of nitrogens with zero attached hydrogens (tertiary/aromatic N) is 5. The maximum absolute atomic E-state index is 12.8. The van der Waals surface area contributed by atoms with Crippen molar-refractivity contribution in [3.63, 3.8) is 0 Å². The predicted molar refractivity (Wildman–Crippen MR) is 141 cm³/mol.